The van der Waals surface area contributed by atoms with Gasteiger partial charge in [0.25, 0.3) is 0 Å². The lowest BCUT2D eigenvalue weighted by Gasteiger charge is -2.20. The number of nitrogens with one attached hydrogen (secondary N) is 1. The largest absolute Gasteiger partial charge is 0.469 e. The number of aromatic amines is 1. The van der Waals surface area contributed by atoms with Gasteiger partial charge in [-0.15, -0.1) is 11.3 Å². The minimum Gasteiger partial charge on any atom is -0.469 e. The minimum absolute atomic E-state index is 0.108. The zero-order valence-electron chi connectivity index (χ0n) is 42.5. The van der Waals surface area contributed by atoms with E-state index in [0.717, 1.165) is 29.9 Å². The smallest absolute Gasteiger partial charge is 0.127 e. The highest BCUT2D eigenvalue weighted by molar-refractivity contribution is 7.10. The van der Waals surface area contributed by atoms with Crippen molar-refractivity contribution < 1.29 is 8.94 Å². The van der Waals surface area contributed by atoms with Gasteiger partial charge in [-0.1, -0.05) is 130 Å². The molecule has 0 spiro atoms. The molecule has 0 fully saturated rings. The molecule has 336 valence electrons. The number of allylic oxidation sites excluding steroid dienone is 4. The van der Waals surface area contributed by atoms with Crippen molar-refractivity contribution in [3.63, 3.8) is 0 Å². The Kier molecular flexibility index (Phi) is 19.7. The number of aliphatic imine (C=N–C) groups is 2. The molecule has 2 aliphatic rings. The molecule has 6 heterocycles. The molecule has 2 aliphatic heterocycles. The molecule has 6 rings (SSSR count). The van der Waals surface area contributed by atoms with E-state index in [1.54, 1.807) is 12.5 Å². The van der Waals surface area contributed by atoms with Gasteiger partial charge in [0, 0.05) is 63.6 Å². The first kappa shape index (κ1) is 54.2. The molecular weight excluding hydrogens is 759 g/mol. The van der Waals surface area contributed by atoms with E-state index in [0.29, 0.717) is 16.2 Å². The first-order valence-corrected chi connectivity index (χ1v) is 22.4. The summed E-state index contributed by atoms with van der Waals surface area (Å²) in [6, 6.07) is 4.26. The lowest BCUT2D eigenvalue weighted by Crippen LogP contribution is -2.13. The van der Waals surface area contributed by atoms with Crippen molar-refractivity contribution in [1.82, 2.24) is 15.4 Å². The van der Waals surface area contributed by atoms with Gasteiger partial charge in [-0.25, -0.2) is 0 Å². The molecule has 0 aliphatic carbocycles. The highest BCUT2D eigenvalue weighted by atomic mass is 32.1. The number of furan rings is 1. The predicted octanol–water partition coefficient (Wildman–Crippen LogP) is 16.1. The Morgan fingerprint density at radius 1 is 0.567 bits per heavy atom. The number of hydrogen-bond acceptors (Lipinski definition) is 7. The zero-order valence-corrected chi connectivity index (χ0v) is 43.4. The fraction of sp³-hybridized carbons (Fsp3) is 0.615. The van der Waals surface area contributed by atoms with Crippen molar-refractivity contribution in [1.29, 1.82) is 0 Å². The zero-order chi connectivity index (χ0) is 46.7. The second-order valence-corrected chi connectivity index (χ2v) is 23.3. The third kappa shape index (κ3) is 18.1. The van der Waals surface area contributed by atoms with Crippen molar-refractivity contribution in [3.05, 3.63) is 103 Å². The number of thiophene rings is 1. The number of aromatic nitrogens is 3. The Morgan fingerprint density at radius 2 is 1.05 bits per heavy atom. The van der Waals surface area contributed by atoms with E-state index < -0.39 is 0 Å². The van der Waals surface area contributed by atoms with Crippen LogP contribution in [-0.2, 0) is 21.7 Å². The maximum atomic E-state index is 5.19. The Bertz CT molecular complexity index is 1770. The molecule has 0 aromatic carbocycles. The van der Waals surface area contributed by atoms with Crippen molar-refractivity contribution >= 4 is 23.8 Å². The monoisotopic (exact) mass is 844 g/mol. The van der Waals surface area contributed by atoms with Gasteiger partial charge >= 0.3 is 0 Å². The van der Waals surface area contributed by atoms with Crippen molar-refractivity contribution in [2.45, 2.75) is 201 Å². The van der Waals surface area contributed by atoms with Gasteiger partial charge in [0.1, 0.15) is 12.0 Å². The van der Waals surface area contributed by atoms with E-state index in [9.17, 15) is 0 Å². The third-order valence-corrected chi connectivity index (χ3v) is 11.1. The van der Waals surface area contributed by atoms with Crippen LogP contribution in [0.2, 0.25) is 0 Å². The SMILES string of the molecule is CC1=C(C(C)(C)C)CC=N1.CC1=C(C(C)(C)C)CC=N1.Cc1cn[nH]c1C(C)(C)C.Cc1conc1C(C)(C)C.Cc1occc1C(C)(C)C.Cc1sccc1C(C)(C)C. The fourth-order valence-electron chi connectivity index (χ4n) is 7.14. The molecular formula is C52H85N5O2S. The lowest BCUT2D eigenvalue weighted by atomic mass is 9.84. The second kappa shape index (κ2) is 21.8. The molecule has 0 amide bonds. The van der Waals surface area contributed by atoms with E-state index in [2.05, 4.69) is 189 Å². The van der Waals surface area contributed by atoms with Gasteiger partial charge in [-0.3, -0.25) is 15.1 Å². The van der Waals surface area contributed by atoms with Crippen LogP contribution in [0.3, 0.4) is 0 Å². The summed E-state index contributed by atoms with van der Waals surface area (Å²) in [6.45, 7) is 52.1. The molecule has 1 N–H and O–H groups in total. The average Bonchev–Trinajstić information content (AvgIpc) is 3.90. The Labute approximate surface area is 371 Å². The summed E-state index contributed by atoms with van der Waals surface area (Å²) >= 11 is 1.83. The normalized spacial score (nSPS) is 14.3. The van der Waals surface area contributed by atoms with E-state index in [1.807, 2.05) is 49.9 Å². The summed E-state index contributed by atoms with van der Waals surface area (Å²) < 4.78 is 10.0. The Morgan fingerprint density at radius 3 is 1.22 bits per heavy atom. The topological polar surface area (TPSA) is 92.6 Å². The number of H-pyrrole nitrogens is 1. The Balaban J connectivity index is 0.000000360. The molecule has 0 atom stereocenters. The predicted molar refractivity (Wildman–Crippen MR) is 262 cm³/mol. The van der Waals surface area contributed by atoms with Crippen LogP contribution in [0.25, 0.3) is 0 Å². The third-order valence-electron chi connectivity index (χ3n) is 10.2. The van der Waals surface area contributed by atoms with Crippen LogP contribution in [0.15, 0.2) is 77.7 Å². The maximum Gasteiger partial charge on any atom is 0.127 e. The molecule has 60 heavy (non-hydrogen) atoms. The summed E-state index contributed by atoms with van der Waals surface area (Å²) in [5.41, 5.74) is 14.3. The van der Waals surface area contributed by atoms with Gasteiger partial charge < -0.3 is 8.94 Å². The number of aryl methyl sites for hydroxylation is 4. The summed E-state index contributed by atoms with van der Waals surface area (Å²) in [5.74, 6) is 1.03. The lowest BCUT2D eigenvalue weighted by molar-refractivity contribution is 0.393. The van der Waals surface area contributed by atoms with Crippen LogP contribution < -0.4 is 0 Å². The molecule has 0 saturated carbocycles. The van der Waals surface area contributed by atoms with Crippen LogP contribution in [0.4, 0.5) is 0 Å². The summed E-state index contributed by atoms with van der Waals surface area (Å²) in [4.78, 5) is 9.93. The molecule has 0 saturated heterocycles. The number of hydrogen-bond donors (Lipinski definition) is 1. The average molecular weight is 844 g/mol. The molecule has 4 aromatic heterocycles. The molecule has 8 heteroatoms. The van der Waals surface area contributed by atoms with Crippen molar-refractivity contribution in [3.8, 4) is 0 Å². The van der Waals surface area contributed by atoms with Crippen LogP contribution in [-0.4, -0.2) is 27.8 Å². The summed E-state index contributed by atoms with van der Waals surface area (Å²) in [5, 5.41) is 13.0. The quantitative estimate of drug-likeness (QED) is 0.191. The standard InChI is InChI=1S/2C9H15N.C9H14O.C9H14S.C8H14N2.C8H13NO/c4*1-7-8(5-6-10-7)9(2,3)4;1-6-5-9-10-7(6)8(2,3)4;1-6-5-10-9-7(6)8(2,3)4/h2*6H,5H2,1-4H3;2*5-6H,1-4H3;5H,1-4H3,(H,9,10);5H,1-4H3. The van der Waals surface area contributed by atoms with Gasteiger partial charge in [0.2, 0.25) is 0 Å². The number of rotatable bonds is 0. The number of nitrogens with zero attached hydrogens (tertiary/aromatic N) is 4. The highest BCUT2D eigenvalue weighted by Crippen LogP contribution is 2.34. The van der Waals surface area contributed by atoms with Gasteiger partial charge in [-0.2, -0.15) is 5.10 Å². The fourth-order valence-corrected chi connectivity index (χ4v) is 8.05. The molecule has 0 bridgehead atoms. The summed E-state index contributed by atoms with van der Waals surface area (Å²) in [6.07, 6.45) is 11.4. The van der Waals surface area contributed by atoms with Crippen LogP contribution >= 0.6 is 11.3 Å². The minimum atomic E-state index is 0.108. The molecule has 4 aromatic rings. The van der Waals surface area contributed by atoms with Crippen LogP contribution in [0.5, 0.6) is 0 Å². The van der Waals surface area contributed by atoms with Crippen LogP contribution in [0.1, 0.15) is 196 Å². The van der Waals surface area contributed by atoms with Gasteiger partial charge in [0.15, 0.2) is 0 Å². The first-order chi connectivity index (χ1) is 27.1. The van der Waals surface area contributed by atoms with Crippen molar-refractivity contribution in [2.75, 3.05) is 0 Å². The van der Waals surface area contributed by atoms with Crippen molar-refractivity contribution in [2.24, 2.45) is 20.8 Å². The maximum absolute atomic E-state index is 5.19. The van der Waals surface area contributed by atoms with E-state index in [-0.39, 0.29) is 16.2 Å². The van der Waals surface area contributed by atoms with E-state index in [4.69, 9.17) is 8.94 Å². The van der Waals surface area contributed by atoms with E-state index >= 15 is 0 Å². The molecule has 0 radical (unpaired) electrons. The van der Waals surface area contributed by atoms with Gasteiger partial charge in [0.05, 0.1) is 18.2 Å². The van der Waals surface area contributed by atoms with E-state index in [1.165, 1.54) is 49.8 Å². The highest BCUT2D eigenvalue weighted by Gasteiger charge is 2.23. The van der Waals surface area contributed by atoms with Crippen LogP contribution in [0, 0.1) is 38.5 Å². The molecule has 7 nitrogen and oxygen atoms in total. The first-order valence-electron chi connectivity index (χ1n) is 21.6. The second-order valence-electron chi connectivity index (χ2n) is 22.2. The van der Waals surface area contributed by atoms with Gasteiger partial charge in [-0.05, 0) is 109 Å². The molecule has 0 unspecified atom stereocenters. The Hall–Kier alpha value is -3.78. The summed E-state index contributed by atoms with van der Waals surface area (Å²) in [7, 11) is 0.